The Labute approximate surface area is 184 Å². The Morgan fingerprint density at radius 3 is 2.34 bits per heavy atom. The predicted molar refractivity (Wildman–Crippen MR) is 122 cm³/mol. The summed E-state index contributed by atoms with van der Waals surface area (Å²) in [6, 6.07) is 14.7. The Morgan fingerprint density at radius 2 is 1.79 bits per heavy atom. The second-order valence-electron chi connectivity index (χ2n) is 8.23. The lowest BCUT2D eigenvalue weighted by Crippen LogP contribution is -2.56. The number of hydrogen-bond acceptors (Lipinski definition) is 2. The molecule has 29 heavy (non-hydrogen) atoms. The molecule has 0 spiro atoms. The van der Waals surface area contributed by atoms with Crippen LogP contribution in [0, 0.1) is 0 Å². The minimum atomic E-state index is -3.59. The van der Waals surface area contributed by atoms with Crippen LogP contribution < -0.4 is 0 Å². The Kier molecular flexibility index (Phi) is 6.50. The van der Waals surface area contributed by atoms with E-state index in [4.69, 9.17) is 23.2 Å². The summed E-state index contributed by atoms with van der Waals surface area (Å²) < 4.78 is 28.3. The van der Waals surface area contributed by atoms with Crippen LogP contribution in [0.5, 0.6) is 0 Å². The van der Waals surface area contributed by atoms with E-state index in [0.29, 0.717) is 22.9 Å². The van der Waals surface area contributed by atoms with Gasteiger partial charge >= 0.3 is 0 Å². The Hall–Kier alpha value is -1.33. The monoisotopic (exact) mass is 451 g/mol. The fraction of sp³-hybridized carbons (Fsp3) is 0.391. The first-order valence-corrected chi connectivity index (χ1v) is 12.0. The largest absolute Gasteiger partial charge is 0.220 e. The van der Waals surface area contributed by atoms with Crippen molar-refractivity contribution in [2.75, 3.05) is 0 Å². The van der Waals surface area contributed by atoms with Gasteiger partial charge in [0.05, 0.1) is 10.8 Å². The van der Waals surface area contributed by atoms with Gasteiger partial charge in [0.25, 0.3) is 0 Å². The van der Waals surface area contributed by atoms with E-state index >= 15 is 0 Å². The third kappa shape index (κ3) is 4.13. The van der Waals surface area contributed by atoms with E-state index < -0.39 is 14.8 Å². The number of rotatable bonds is 5. The number of hydrogen-bond donors (Lipinski definition) is 0. The topological polar surface area (TPSA) is 37.4 Å². The minimum absolute atomic E-state index is 0.0502. The maximum Gasteiger partial charge on any atom is 0.220 e. The molecule has 2 aromatic rings. The van der Waals surface area contributed by atoms with Crippen LogP contribution in [0.15, 0.2) is 61.2 Å². The molecule has 1 saturated heterocycles. The van der Waals surface area contributed by atoms with Gasteiger partial charge in [-0.05, 0) is 69.0 Å². The second kappa shape index (κ2) is 8.43. The van der Waals surface area contributed by atoms with Crippen molar-refractivity contribution < 1.29 is 8.42 Å². The van der Waals surface area contributed by atoms with Crippen molar-refractivity contribution in [3.63, 3.8) is 0 Å². The van der Waals surface area contributed by atoms with Gasteiger partial charge in [-0.25, -0.2) is 8.42 Å². The van der Waals surface area contributed by atoms with E-state index in [2.05, 4.69) is 6.58 Å². The van der Waals surface area contributed by atoms with Crippen LogP contribution in [0.25, 0.3) is 0 Å². The molecule has 3 atom stereocenters. The van der Waals surface area contributed by atoms with Gasteiger partial charge < -0.3 is 0 Å². The number of sulfonamides is 1. The molecular formula is C23H27Cl2NO2S. The summed E-state index contributed by atoms with van der Waals surface area (Å²) in [6.45, 7) is 9.50. The highest BCUT2D eigenvalue weighted by atomic mass is 35.5. The molecule has 0 radical (unpaired) electrons. The maximum absolute atomic E-state index is 13.8. The summed E-state index contributed by atoms with van der Waals surface area (Å²) in [7, 11) is -3.59. The molecule has 156 valence electrons. The van der Waals surface area contributed by atoms with Gasteiger partial charge in [0.15, 0.2) is 0 Å². The quantitative estimate of drug-likeness (QED) is 0.480. The average Bonchev–Trinajstić information content (AvgIpc) is 2.64. The van der Waals surface area contributed by atoms with Crippen molar-refractivity contribution in [2.24, 2.45) is 0 Å². The molecule has 3 nitrogen and oxygen atoms in total. The molecule has 3 rings (SSSR count). The summed E-state index contributed by atoms with van der Waals surface area (Å²) in [5.41, 5.74) is 1.96. The van der Waals surface area contributed by atoms with E-state index in [9.17, 15) is 8.42 Å². The number of halogens is 2. The molecule has 0 unspecified atom stereocenters. The van der Waals surface area contributed by atoms with Gasteiger partial charge in [-0.3, -0.25) is 0 Å². The van der Waals surface area contributed by atoms with Gasteiger partial charge in [0.2, 0.25) is 10.0 Å². The summed E-state index contributed by atoms with van der Waals surface area (Å²) in [6.07, 6.45) is 2.58. The lowest BCUT2D eigenvalue weighted by molar-refractivity contribution is 0.191. The van der Waals surface area contributed by atoms with Gasteiger partial charge in [-0.15, -0.1) is 6.58 Å². The van der Waals surface area contributed by atoms with Crippen LogP contribution in [0.4, 0.5) is 0 Å². The third-order valence-electron chi connectivity index (χ3n) is 5.78. The molecule has 0 saturated carbocycles. The smallest absolute Gasteiger partial charge is 0.212 e. The van der Waals surface area contributed by atoms with Crippen LogP contribution in [-0.4, -0.2) is 23.5 Å². The van der Waals surface area contributed by atoms with Crippen molar-refractivity contribution in [1.29, 1.82) is 0 Å². The van der Waals surface area contributed by atoms with Gasteiger partial charge in [0.1, 0.15) is 0 Å². The van der Waals surface area contributed by atoms with Crippen LogP contribution in [0.3, 0.4) is 0 Å². The van der Waals surface area contributed by atoms with Gasteiger partial charge in [-0.1, -0.05) is 53.5 Å². The normalized spacial score (nSPS) is 27.1. The number of allylic oxidation sites excluding steroid dienone is 1. The molecule has 1 fully saturated rings. The van der Waals surface area contributed by atoms with E-state index in [1.54, 1.807) is 10.4 Å². The van der Waals surface area contributed by atoms with E-state index in [-0.39, 0.29) is 18.0 Å². The van der Waals surface area contributed by atoms with Crippen LogP contribution in [0.1, 0.15) is 56.7 Å². The number of nitrogens with zero attached hydrogens (tertiary/aromatic N) is 1. The molecule has 1 heterocycles. The SMILES string of the molecule is C=CC[C@@]1(C)C[C@H](c2cccc(Cl)c2)[C@@H](c2ccc(Cl)cc2)N(C(C)C)S1(=O)=O. The lowest BCUT2D eigenvalue weighted by Gasteiger charge is -2.50. The highest BCUT2D eigenvalue weighted by molar-refractivity contribution is 7.90. The zero-order chi connectivity index (χ0) is 21.4. The Morgan fingerprint density at radius 1 is 1.14 bits per heavy atom. The number of benzene rings is 2. The Balaban J connectivity index is 2.26. The van der Waals surface area contributed by atoms with Crippen molar-refractivity contribution in [2.45, 2.75) is 56.4 Å². The first-order chi connectivity index (χ1) is 13.6. The van der Waals surface area contributed by atoms with E-state index in [1.807, 2.05) is 69.3 Å². The molecular weight excluding hydrogens is 425 g/mol. The lowest BCUT2D eigenvalue weighted by atomic mass is 9.79. The third-order valence-corrected chi connectivity index (χ3v) is 9.05. The molecule has 6 heteroatoms. The zero-order valence-corrected chi connectivity index (χ0v) is 19.3. The molecule has 2 aromatic carbocycles. The first kappa shape index (κ1) is 22.4. The summed E-state index contributed by atoms with van der Waals surface area (Å²) >= 11 is 12.4. The summed E-state index contributed by atoms with van der Waals surface area (Å²) in [5.74, 6) is -0.0502. The van der Waals surface area contributed by atoms with Crippen molar-refractivity contribution in [3.8, 4) is 0 Å². The predicted octanol–water partition coefficient (Wildman–Crippen LogP) is 6.60. The fourth-order valence-corrected chi connectivity index (χ4v) is 7.11. The highest BCUT2D eigenvalue weighted by Crippen LogP contribution is 2.52. The molecule has 0 amide bonds. The highest BCUT2D eigenvalue weighted by Gasteiger charge is 2.54. The van der Waals surface area contributed by atoms with Crippen molar-refractivity contribution >= 4 is 33.2 Å². The molecule has 0 bridgehead atoms. The minimum Gasteiger partial charge on any atom is -0.212 e. The standard InChI is InChI=1S/C23H27Cl2NO2S/c1-5-13-23(4)15-21(18-7-6-8-20(25)14-18)22(17-9-11-19(24)12-10-17)26(16(2)3)29(23,27)28/h5-12,14,16,21-22H,1,13,15H2,2-4H3/t21-,22-,23+/m1/s1. The maximum atomic E-state index is 13.8. The summed E-state index contributed by atoms with van der Waals surface area (Å²) in [5, 5.41) is 1.27. The molecule has 0 aliphatic carbocycles. The fourth-order valence-electron chi connectivity index (χ4n) is 4.43. The van der Waals surface area contributed by atoms with E-state index in [0.717, 1.165) is 11.1 Å². The van der Waals surface area contributed by atoms with Gasteiger partial charge in [0, 0.05) is 22.0 Å². The molecule has 1 aliphatic heterocycles. The first-order valence-electron chi connectivity index (χ1n) is 9.75. The molecule has 0 aromatic heterocycles. The zero-order valence-electron chi connectivity index (χ0n) is 17.0. The van der Waals surface area contributed by atoms with Crippen molar-refractivity contribution in [1.82, 2.24) is 4.31 Å². The van der Waals surface area contributed by atoms with Crippen LogP contribution >= 0.6 is 23.2 Å². The van der Waals surface area contributed by atoms with Crippen molar-refractivity contribution in [3.05, 3.63) is 82.4 Å². The molecule has 0 N–H and O–H groups in total. The molecule has 1 aliphatic rings. The average molecular weight is 452 g/mol. The second-order valence-corrected chi connectivity index (χ2v) is 11.5. The Bertz CT molecular complexity index is 988. The van der Waals surface area contributed by atoms with E-state index in [1.165, 1.54) is 0 Å². The van der Waals surface area contributed by atoms with Crippen LogP contribution in [-0.2, 0) is 10.0 Å². The van der Waals surface area contributed by atoms with Crippen LogP contribution in [0.2, 0.25) is 10.0 Å². The van der Waals surface area contributed by atoms with Gasteiger partial charge in [-0.2, -0.15) is 4.31 Å². The summed E-state index contributed by atoms with van der Waals surface area (Å²) in [4.78, 5) is 0.